The summed E-state index contributed by atoms with van der Waals surface area (Å²) in [5, 5.41) is 4.07. The largest absolute Gasteiger partial charge is 1.00 e. The molecule has 2 heteroatoms. The van der Waals surface area contributed by atoms with E-state index in [2.05, 4.69) is 11.9 Å². The Morgan fingerprint density at radius 3 is 2.25 bits per heavy atom. The van der Waals surface area contributed by atoms with Crippen LogP contribution in [0.2, 0.25) is 0 Å². The molecule has 0 aromatic rings. The van der Waals surface area contributed by atoms with Gasteiger partial charge in [-0.25, -0.2) is 0 Å². The summed E-state index contributed by atoms with van der Waals surface area (Å²) in [7, 11) is 0. The van der Waals surface area contributed by atoms with Crippen molar-refractivity contribution >= 4 is 0 Å². The van der Waals surface area contributed by atoms with Crippen molar-refractivity contribution in [3.63, 3.8) is 0 Å². The van der Waals surface area contributed by atoms with Crippen LogP contribution in [0.25, 0.3) is 5.32 Å². The first-order chi connectivity index (χ1) is 3.27. The van der Waals surface area contributed by atoms with Gasteiger partial charge in [-0.05, 0) is 6.92 Å². The second-order valence-electron chi connectivity index (χ2n) is 1.66. The topological polar surface area (TPSA) is 14.1 Å². The summed E-state index contributed by atoms with van der Waals surface area (Å²) < 4.78 is 0. The molecule has 0 aromatic heterocycles. The van der Waals surface area contributed by atoms with Crippen molar-refractivity contribution in [3.8, 4) is 0 Å². The predicted molar refractivity (Wildman–Crippen MR) is 33.6 cm³/mol. The van der Waals surface area contributed by atoms with Gasteiger partial charge in [-0.2, -0.15) is 6.54 Å². The van der Waals surface area contributed by atoms with Gasteiger partial charge in [0.25, 0.3) is 0 Å². The van der Waals surface area contributed by atoms with Crippen molar-refractivity contribution in [2.75, 3.05) is 13.1 Å². The maximum atomic E-state index is 4.07. The van der Waals surface area contributed by atoms with Gasteiger partial charge in [0.2, 0.25) is 0 Å². The van der Waals surface area contributed by atoms with Gasteiger partial charge in [-0.3, -0.25) is 0 Å². The second-order valence-corrected chi connectivity index (χ2v) is 1.66. The van der Waals surface area contributed by atoms with E-state index in [0.29, 0.717) is 0 Å². The number of nitrogens with zero attached hydrogens (tertiary/aromatic N) is 1. The molecule has 0 saturated carbocycles. The van der Waals surface area contributed by atoms with Crippen LogP contribution in [0.5, 0.6) is 0 Å². The number of likely N-dealkylation sites (N-methyl/N-ethyl adjacent to an activating group) is 1. The third kappa shape index (κ3) is 9.57. The number of rotatable bonds is 3. The smallest absolute Gasteiger partial charge is 0.659 e. The number of hydrogen-bond donors (Lipinski definition) is 0. The van der Waals surface area contributed by atoms with Crippen molar-refractivity contribution in [3.05, 3.63) is 17.5 Å². The van der Waals surface area contributed by atoms with Gasteiger partial charge in [0.05, 0.1) is 0 Å². The predicted octanol–water partition coefficient (Wildman–Crippen LogP) is -1.04. The third-order valence-corrected chi connectivity index (χ3v) is 0.605. The van der Waals surface area contributed by atoms with E-state index in [1.165, 1.54) is 0 Å². The molecule has 0 N–H and O–H groups in total. The van der Waals surface area contributed by atoms with Gasteiger partial charge >= 0.3 is 18.9 Å². The van der Waals surface area contributed by atoms with Crippen LogP contribution in [0.1, 0.15) is 13.8 Å². The first-order valence-electron chi connectivity index (χ1n) is 2.55. The molecule has 0 heterocycles. The average Bonchev–Trinajstić information content (AvgIpc) is 1.61. The van der Waals surface area contributed by atoms with Crippen LogP contribution in [-0.4, -0.2) is 13.1 Å². The Kier molecular flexibility index (Phi) is 10.2. The minimum absolute atomic E-state index is 0. The summed E-state index contributed by atoms with van der Waals surface area (Å²) in [6.45, 7) is 9.45. The van der Waals surface area contributed by atoms with Crippen LogP contribution >= 0.6 is 0 Å². The molecule has 0 rings (SSSR count). The van der Waals surface area contributed by atoms with E-state index < -0.39 is 0 Å². The Morgan fingerprint density at radius 2 is 2.12 bits per heavy atom. The fourth-order valence-electron chi connectivity index (χ4n) is 0.303. The number of hydrogen-bond acceptors (Lipinski definition) is 0. The molecule has 0 aromatic carbocycles. The van der Waals surface area contributed by atoms with Crippen molar-refractivity contribution < 1.29 is 18.9 Å². The Balaban J connectivity index is 0. The molecular formula is C6H12LiN. The molecule has 0 spiro atoms. The van der Waals surface area contributed by atoms with E-state index >= 15 is 0 Å². The Hall–Kier alpha value is 0.297. The Morgan fingerprint density at radius 1 is 1.62 bits per heavy atom. The van der Waals surface area contributed by atoms with E-state index in [1.54, 1.807) is 0 Å². The van der Waals surface area contributed by atoms with Crippen molar-refractivity contribution in [1.82, 2.24) is 0 Å². The van der Waals surface area contributed by atoms with Crippen molar-refractivity contribution in [2.24, 2.45) is 0 Å². The minimum Gasteiger partial charge on any atom is -0.659 e. The molecule has 8 heavy (non-hydrogen) atoms. The minimum atomic E-state index is 0. The molecule has 0 aliphatic heterocycles. The zero-order valence-electron chi connectivity index (χ0n) is 6.07. The third-order valence-electron chi connectivity index (χ3n) is 0.605. The van der Waals surface area contributed by atoms with Crippen LogP contribution in [0.4, 0.5) is 0 Å². The van der Waals surface area contributed by atoms with Crippen molar-refractivity contribution in [2.45, 2.75) is 13.8 Å². The van der Waals surface area contributed by atoms with E-state index in [0.717, 1.165) is 18.7 Å². The maximum absolute atomic E-state index is 4.07. The normalized spacial score (nSPS) is 7.75. The Labute approximate surface area is 63.7 Å². The maximum Gasteiger partial charge on any atom is 1.00 e. The van der Waals surface area contributed by atoms with E-state index in [4.69, 9.17) is 0 Å². The first kappa shape index (κ1) is 11.1. The molecule has 0 fully saturated rings. The van der Waals surface area contributed by atoms with E-state index in [9.17, 15) is 0 Å². The van der Waals surface area contributed by atoms with Gasteiger partial charge in [0, 0.05) is 0 Å². The van der Waals surface area contributed by atoms with Crippen LogP contribution < -0.4 is 18.9 Å². The molecule has 0 atom stereocenters. The molecule has 0 saturated heterocycles. The van der Waals surface area contributed by atoms with Gasteiger partial charge < -0.3 is 5.32 Å². The summed E-state index contributed by atoms with van der Waals surface area (Å²) in [5.41, 5.74) is 1.14. The average molecular weight is 105 g/mol. The summed E-state index contributed by atoms with van der Waals surface area (Å²) >= 11 is 0. The van der Waals surface area contributed by atoms with Gasteiger partial charge in [-0.15, -0.1) is 18.7 Å². The van der Waals surface area contributed by atoms with E-state index in [-0.39, 0.29) is 18.9 Å². The molecule has 0 unspecified atom stereocenters. The summed E-state index contributed by atoms with van der Waals surface area (Å²) in [6, 6.07) is 0. The molecule has 0 radical (unpaired) electrons. The fourth-order valence-corrected chi connectivity index (χ4v) is 0.303. The standard InChI is InChI=1S/C6H12N.Li/c1-4-7-5-6(2)3;/h2,4-5H2,1,3H3;/q-1;+1. The molecule has 42 valence electrons. The summed E-state index contributed by atoms with van der Waals surface area (Å²) in [6.07, 6.45) is 0. The Bertz CT molecular complexity index is 61.5. The van der Waals surface area contributed by atoms with Gasteiger partial charge in [0.15, 0.2) is 0 Å². The molecule has 0 aliphatic carbocycles. The van der Waals surface area contributed by atoms with E-state index in [1.807, 2.05) is 13.8 Å². The van der Waals surface area contributed by atoms with Gasteiger partial charge in [0.1, 0.15) is 0 Å². The summed E-state index contributed by atoms with van der Waals surface area (Å²) in [5.74, 6) is 0. The fraction of sp³-hybridized carbons (Fsp3) is 0.667. The SMILES string of the molecule is C=C(C)C[N-]CC.[Li+]. The van der Waals surface area contributed by atoms with Crippen molar-refractivity contribution in [1.29, 1.82) is 0 Å². The molecule has 0 bridgehead atoms. The zero-order chi connectivity index (χ0) is 5.70. The first-order valence-corrected chi connectivity index (χ1v) is 2.55. The second kappa shape index (κ2) is 7.30. The molecule has 0 amide bonds. The van der Waals surface area contributed by atoms with Crippen LogP contribution in [0.3, 0.4) is 0 Å². The monoisotopic (exact) mass is 105 g/mol. The zero-order valence-corrected chi connectivity index (χ0v) is 6.07. The van der Waals surface area contributed by atoms with Crippen LogP contribution in [0, 0.1) is 0 Å². The van der Waals surface area contributed by atoms with Crippen LogP contribution in [0.15, 0.2) is 12.2 Å². The summed E-state index contributed by atoms with van der Waals surface area (Å²) in [4.78, 5) is 0. The quantitative estimate of drug-likeness (QED) is 0.321. The molecule has 0 aliphatic rings. The van der Waals surface area contributed by atoms with Gasteiger partial charge in [-0.1, -0.05) is 6.92 Å². The molecule has 1 nitrogen and oxygen atoms in total. The van der Waals surface area contributed by atoms with Crippen LogP contribution in [-0.2, 0) is 0 Å². The molecular weight excluding hydrogens is 93.0 g/mol.